The van der Waals surface area contributed by atoms with Crippen LogP contribution in [0.2, 0.25) is 0 Å². The second-order valence-electron chi connectivity index (χ2n) is 4.19. The summed E-state index contributed by atoms with van der Waals surface area (Å²) in [4.78, 5) is 4.61. The summed E-state index contributed by atoms with van der Waals surface area (Å²) >= 11 is 0. The Morgan fingerprint density at radius 2 is 2.15 bits per heavy atom. The molecule has 0 spiro atoms. The molecule has 0 aromatic carbocycles. The van der Waals surface area contributed by atoms with Crippen molar-refractivity contribution in [2.45, 2.75) is 40.0 Å². The van der Waals surface area contributed by atoms with E-state index in [-0.39, 0.29) is 0 Å². The van der Waals surface area contributed by atoms with Crippen LogP contribution in [-0.4, -0.2) is 4.98 Å². The van der Waals surface area contributed by atoms with E-state index in [9.17, 15) is 0 Å². The Balaban J connectivity index is 2.40. The molecule has 2 rings (SSSR count). The van der Waals surface area contributed by atoms with Crippen LogP contribution in [0.3, 0.4) is 0 Å². The molecule has 1 atom stereocenters. The number of rotatable bonds is 1. The largest absolute Gasteiger partial charge is 0.258 e. The zero-order valence-electron chi connectivity index (χ0n) is 8.72. The first kappa shape index (κ1) is 8.74. The van der Waals surface area contributed by atoms with E-state index in [0.29, 0.717) is 0 Å². The molecule has 0 fully saturated rings. The van der Waals surface area contributed by atoms with Crippen LogP contribution in [0.15, 0.2) is 6.07 Å². The van der Waals surface area contributed by atoms with Gasteiger partial charge in [-0.2, -0.15) is 0 Å². The second-order valence-corrected chi connectivity index (χ2v) is 4.19. The molecule has 0 aliphatic heterocycles. The minimum absolute atomic E-state index is 0.850. The maximum absolute atomic E-state index is 4.61. The minimum Gasteiger partial charge on any atom is -0.258 e. The minimum atomic E-state index is 0.850. The van der Waals surface area contributed by atoms with Crippen LogP contribution in [0.4, 0.5) is 0 Å². The normalized spacial score (nSPS) is 20.4. The molecule has 0 N–H and O–H groups in total. The van der Waals surface area contributed by atoms with E-state index in [4.69, 9.17) is 0 Å². The number of pyridine rings is 1. The number of aromatic nitrogens is 1. The molecule has 1 unspecified atom stereocenters. The van der Waals surface area contributed by atoms with Gasteiger partial charge in [-0.05, 0) is 49.8 Å². The van der Waals surface area contributed by atoms with Crippen LogP contribution >= 0.6 is 0 Å². The molecule has 0 bridgehead atoms. The van der Waals surface area contributed by atoms with Gasteiger partial charge in [0.05, 0.1) is 0 Å². The molecular formula is C12H17N. The number of aryl methyl sites for hydroxylation is 2. The highest BCUT2D eigenvalue weighted by molar-refractivity contribution is 5.35. The summed E-state index contributed by atoms with van der Waals surface area (Å²) in [6, 6.07) is 2.21. The predicted octanol–water partition coefficient (Wildman–Crippen LogP) is 2.82. The van der Waals surface area contributed by atoms with Crippen LogP contribution < -0.4 is 0 Å². The van der Waals surface area contributed by atoms with Crippen molar-refractivity contribution in [3.8, 4) is 0 Å². The Hall–Kier alpha value is -0.850. The van der Waals surface area contributed by atoms with E-state index in [0.717, 1.165) is 5.92 Å². The average Bonchev–Trinajstić information content (AvgIpc) is 2.47. The standard InChI is InChI=1S/C12H17N/c1-4-10-6-11-8(2)5-9(3)13-12(11)7-10/h5,10H,4,6-7H2,1-3H3. The highest BCUT2D eigenvalue weighted by Gasteiger charge is 2.22. The third-order valence-corrected chi connectivity index (χ3v) is 3.11. The first-order valence-electron chi connectivity index (χ1n) is 5.16. The lowest BCUT2D eigenvalue weighted by molar-refractivity contribution is 0.539. The molecule has 1 heteroatoms. The van der Waals surface area contributed by atoms with Gasteiger partial charge in [0.25, 0.3) is 0 Å². The Labute approximate surface area is 80.2 Å². The number of nitrogens with zero attached hydrogens (tertiary/aromatic N) is 1. The third-order valence-electron chi connectivity index (χ3n) is 3.11. The molecule has 0 amide bonds. The molecule has 0 saturated heterocycles. The Morgan fingerprint density at radius 3 is 2.85 bits per heavy atom. The van der Waals surface area contributed by atoms with E-state index in [2.05, 4.69) is 31.8 Å². The summed E-state index contributed by atoms with van der Waals surface area (Å²) in [7, 11) is 0. The topological polar surface area (TPSA) is 12.9 Å². The number of hydrogen-bond acceptors (Lipinski definition) is 1. The summed E-state index contributed by atoms with van der Waals surface area (Å²) < 4.78 is 0. The SMILES string of the molecule is CCC1Cc2nc(C)cc(C)c2C1. The van der Waals surface area contributed by atoms with E-state index in [1.54, 1.807) is 0 Å². The third kappa shape index (κ3) is 1.48. The lowest BCUT2D eigenvalue weighted by Crippen LogP contribution is -1.96. The first-order chi connectivity index (χ1) is 6.20. The maximum Gasteiger partial charge on any atom is 0.0444 e. The Kier molecular flexibility index (Phi) is 2.10. The average molecular weight is 175 g/mol. The van der Waals surface area contributed by atoms with Crippen molar-refractivity contribution in [1.82, 2.24) is 4.98 Å². The summed E-state index contributed by atoms with van der Waals surface area (Å²) in [5, 5.41) is 0. The van der Waals surface area contributed by atoms with Gasteiger partial charge in [0.15, 0.2) is 0 Å². The molecule has 1 nitrogen and oxygen atoms in total. The van der Waals surface area contributed by atoms with Crippen LogP contribution in [0.25, 0.3) is 0 Å². The van der Waals surface area contributed by atoms with Gasteiger partial charge < -0.3 is 0 Å². The van der Waals surface area contributed by atoms with Crippen LogP contribution in [0.5, 0.6) is 0 Å². The fraction of sp³-hybridized carbons (Fsp3) is 0.583. The van der Waals surface area contributed by atoms with Gasteiger partial charge in [-0.25, -0.2) is 0 Å². The smallest absolute Gasteiger partial charge is 0.0444 e. The van der Waals surface area contributed by atoms with Gasteiger partial charge in [0.1, 0.15) is 0 Å². The molecule has 70 valence electrons. The molecule has 1 aliphatic carbocycles. The maximum atomic E-state index is 4.61. The zero-order valence-corrected chi connectivity index (χ0v) is 8.72. The monoisotopic (exact) mass is 175 g/mol. The lowest BCUT2D eigenvalue weighted by Gasteiger charge is -2.03. The van der Waals surface area contributed by atoms with Crippen LogP contribution in [0, 0.1) is 19.8 Å². The summed E-state index contributed by atoms with van der Waals surface area (Å²) in [6.07, 6.45) is 3.74. The highest BCUT2D eigenvalue weighted by Crippen LogP contribution is 2.29. The van der Waals surface area contributed by atoms with E-state index in [1.807, 2.05) is 0 Å². The molecule has 1 aromatic rings. The van der Waals surface area contributed by atoms with E-state index >= 15 is 0 Å². The zero-order chi connectivity index (χ0) is 9.42. The van der Waals surface area contributed by atoms with E-state index in [1.165, 1.54) is 41.8 Å². The fourth-order valence-electron chi connectivity index (χ4n) is 2.31. The Bertz CT molecular complexity index is 328. The molecule has 13 heavy (non-hydrogen) atoms. The van der Waals surface area contributed by atoms with E-state index < -0.39 is 0 Å². The molecule has 1 aliphatic rings. The van der Waals surface area contributed by atoms with Crippen LogP contribution in [-0.2, 0) is 12.8 Å². The van der Waals surface area contributed by atoms with Gasteiger partial charge in [-0.15, -0.1) is 0 Å². The van der Waals surface area contributed by atoms with Gasteiger partial charge in [0, 0.05) is 11.4 Å². The number of hydrogen-bond donors (Lipinski definition) is 0. The van der Waals surface area contributed by atoms with Crippen molar-refractivity contribution in [2.75, 3.05) is 0 Å². The van der Waals surface area contributed by atoms with Crippen molar-refractivity contribution < 1.29 is 0 Å². The second kappa shape index (κ2) is 3.13. The lowest BCUT2D eigenvalue weighted by atomic mass is 10.0. The summed E-state index contributed by atoms with van der Waals surface area (Å²) in [5.74, 6) is 0.850. The molecule has 1 heterocycles. The molecule has 0 radical (unpaired) electrons. The van der Waals surface area contributed by atoms with Crippen molar-refractivity contribution in [3.05, 3.63) is 28.6 Å². The summed E-state index contributed by atoms with van der Waals surface area (Å²) in [6.45, 7) is 6.58. The fourth-order valence-corrected chi connectivity index (χ4v) is 2.31. The molecule has 1 aromatic heterocycles. The molecule has 0 saturated carbocycles. The Morgan fingerprint density at radius 1 is 1.38 bits per heavy atom. The van der Waals surface area contributed by atoms with Crippen molar-refractivity contribution in [2.24, 2.45) is 5.92 Å². The molecular weight excluding hydrogens is 158 g/mol. The first-order valence-corrected chi connectivity index (χ1v) is 5.16. The van der Waals surface area contributed by atoms with Gasteiger partial charge in [0.2, 0.25) is 0 Å². The predicted molar refractivity (Wildman–Crippen MR) is 54.9 cm³/mol. The highest BCUT2D eigenvalue weighted by atomic mass is 14.7. The van der Waals surface area contributed by atoms with Gasteiger partial charge in [-0.1, -0.05) is 13.3 Å². The number of fused-ring (bicyclic) bond motifs is 1. The van der Waals surface area contributed by atoms with Gasteiger partial charge >= 0.3 is 0 Å². The van der Waals surface area contributed by atoms with Gasteiger partial charge in [-0.3, -0.25) is 4.98 Å². The van der Waals surface area contributed by atoms with Crippen molar-refractivity contribution in [3.63, 3.8) is 0 Å². The quantitative estimate of drug-likeness (QED) is 0.639. The summed E-state index contributed by atoms with van der Waals surface area (Å²) in [5.41, 5.74) is 5.51. The van der Waals surface area contributed by atoms with Crippen molar-refractivity contribution in [1.29, 1.82) is 0 Å². The van der Waals surface area contributed by atoms with Crippen LogP contribution in [0.1, 0.15) is 35.9 Å². The van der Waals surface area contributed by atoms with Crippen molar-refractivity contribution >= 4 is 0 Å².